The van der Waals surface area contributed by atoms with Crippen molar-refractivity contribution in [1.29, 1.82) is 0 Å². The molecule has 3 aromatic carbocycles. The van der Waals surface area contributed by atoms with Crippen LogP contribution in [0.4, 0.5) is 0 Å². The molecule has 0 bridgehead atoms. The van der Waals surface area contributed by atoms with Crippen molar-refractivity contribution in [1.82, 2.24) is 4.72 Å². The molecule has 3 aromatic rings. The number of carbonyl (C=O) groups is 1. The van der Waals surface area contributed by atoms with Crippen LogP contribution in [0, 0.1) is 0 Å². The van der Waals surface area contributed by atoms with E-state index in [1.807, 2.05) is 59.3 Å². The molecule has 0 atom stereocenters. The van der Waals surface area contributed by atoms with Crippen molar-refractivity contribution in [3.63, 3.8) is 0 Å². The van der Waals surface area contributed by atoms with E-state index in [0.29, 0.717) is 11.5 Å². The molecule has 132 valence electrons. The van der Waals surface area contributed by atoms with Crippen LogP contribution in [0.3, 0.4) is 0 Å². The van der Waals surface area contributed by atoms with Gasteiger partial charge in [0.15, 0.2) is 0 Å². The van der Waals surface area contributed by atoms with E-state index in [-0.39, 0.29) is 5.56 Å². The zero-order valence-corrected chi connectivity index (χ0v) is 14.9. The third-order valence-corrected chi connectivity index (χ3v) is 4.13. The van der Waals surface area contributed by atoms with Gasteiger partial charge in [0.05, 0.1) is 6.26 Å². The predicted molar refractivity (Wildman–Crippen MR) is 101 cm³/mol. The van der Waals surface area contributed by atoms with Crippen LogP contribution in [0.15, 0.2) is 78.9 Å². The quantitative estimate of drug-likeness (QED) is 0.744. The summed E-state index contributed by atoms with van der Waals surface area (Å²) < 4.78 is 30.0. The van der Waals surface area contributed by atoms with Gasteiger partial charge in [-0.05, 0) is 47.5 Å². The third kappa shape index (κ3) is 4.70. The Morgan fingerprint density at radius 2 is 1.46 bits per heavy atom. The van der Waals surface area contributed by atoms with Gasteiger partial charge in [-0.3, -0.25) is 4.79 Å². The smallest absolute Gasteiger partial charge is 0.264 e. The summed E-state index contributed by atoms with van der Waals surface area (Å²) in [7, 11) is -3.59. The predicted octanol–water partition coefficient (Wildman–Crippen LogP) is 3.84. The van der Waals surface area contributed by atoms with Gasteiger partial charge in [0.2, 0.25) is 10.0 Å². The molecule has 0 unspecified atom stereocenters. The molecular weight excluding hydrogens is 350 g/mol. The van der Waals surface area contributed by atoms with Gasteiger partial charge < -0.3 is 4.74 Å². The van der Waals surface area contributed by atoms with E-state index >= 15 is 0 Å². The van der Waals surface area contributed by atoms with Gasteiger partial charge in [-0.15, -0.1) is 0 Å². The van der Waals surface area contributed by atoms with Crippen molar-refractivity contribution in [2.24, 2.45) is 0 Å². The first kappa shape index (κ1) is 17.7. The van der Waals surface area contributed by atoms with Crippen LogP contribution >= 0.6 is 0 Å². The number of ether oxygens (including phenoxy) is 1. The Kier molecular flexibility index (Phi) is 5.04. The summed E-state index contributed by atoms with van der Waals surface area (Å²) in [5.41, 5.74) is 2.36. The second-order valence-electron chi connectivity index (χ2n) is 5.72. The minimum absolute atomic E-state index is 0.237. The van der Waals surface area contributed by atoms with Gasteiger partial charge in [-0.1, -0.05) is 42.5 Å². The van der Waals surface area contributed by atoms with Gasteiger partial charge in [0.25, 0.3) is 5.91 Å². The highest BCUT2D eigenvalue weighted by molar-refractivity contribution is 7.89. The summed E-state index contributed by atoms with van der Waals surface area (Å²) in [4.78, 5) is 11.8. The van der Waals surface area contributed by atoms with Crippen LogP contribution in [0.1, 0.15) is 10.4 Å². The van der Waals surface area contributed by atoms with Gasteiger partial charge in [0, 0.05) is 5.56 Å². The fraction of sp³-hybridized carbons (Fsp3) is 0.0500. The van der Waals surface area contributed by atoms with E-state index in [2.05, 4.69) is 0 Å². The maximum Gasteiger partial charge on any atom is 0.264 e. The van der Waals surface area contributed by atoms with Gasteiger partial charge >= 0.3 is 0 Å². The monoisotopic (exact) mass is 367 g/mol. The lowest BCUT2D eigenvalue weighted by Gasteiger charge is -2.09. The summed E-state index contributed by atoms with van der Waals surface area (Å²) in [6, 6.07) is 23.9. The topological polar surface area (TPSA) is 72.5 Å². The van der Waals surface area contributed by atoms with E-state index in [0.717, 1.165) is 17.4 Å². The molecule has 0 fully saturated rings. The molecule has 5 nitrogen and oxygen atoms in total. The molecule has 0 radical (unpaired) electrons. The highest BCUT2D eigenvalue weighted by Gasteiger charge is 2.11. The molecule has 0 saturated heterocycles. The zero-order chi connectivity index (χ0) is 18.6. The average Bonchev–Trinajstić information content (AvgIpc) is 2.62. The summed E-state index contributed by atoms with van der Waals surface area (Å²) in [6.07, 6.45) is 0.933. The first-order chi connectivity index (χ1) is 12.4. The van der Waals surface area contributed by atoms with E-state index < -0.39 is 15.9 Å². The molecule has 26 heavy (non-hydrogen) atoms. The lowest BCUT2D eigenvalue weighted by atomic mass is 10.1. The van der Waals surface area contributed by atoms with E-state index in [1.54, 1.807) is 12.1 Å². The Morgan fingerprint density at radius 1 is 0.808 bits per heavy atom. The number of benzene rings is 3. The Hall–Kier alpha value is -3.12. The molecule has 0 aliphatic heterocycles. The van der Waals surface area contributed by atoms with Crippen LogP contribution in [-0.4, -0.2) is 20.6 Å². The van der Waals surface area contributed by atoms with Crippen molar-refractivity contribution >= 4 is 15.9 Å². The molecule has 6 heteroatoms. The fourth-order valence-corrected chi connectivity index (χ4v) is 2.86. The maximum absolute atomic E-state index is 11.8. The maximum atomic E-state index is 11.8. The van der Waals surface area contributed by atoms with Crippen LogP contribution in [0.5, 0.6) is 11.5 Å². The van der Waals surface area contributed by atoms with E-state index in [9.17, 15) is 13.2 Å². The lowest BCUT2D eigenvalue weighted by molar-refractivity contribution is 0.0981. The number of carbonyl (C=O) groups excluding carboxylic acids is 1. The van der Waals surface area contributed by atoms with Gasteiger partial charge in [-0.2, -0.15) is 0 Å². The minimum Gasteiger partial charge on any atom is -0.457 e. The molecule has 3 rings (SSSR count). The molecule has 0 aromatic heterocycles. The highest BCUT2D eigenvalue weighted by Crippen LogP contribution is 2.27. The molecular formula is C20H17NO4S. The Morgan fingerprint density at radius 3 is 2.12 bits per heavy atom. The normalized spacial score (nSPS) is 11.0. The Bertz CT molecular complexity index is 1010. The first-order valence-electron chi connectivity index (χ1n) is 7.86. The number of rotatable bonds is 5. The second kappa shape index (κ2) is 7.41. The van der Waals surface area contributed by atoms with Crippen LogP contribution < -0.4 is 9.46 Å². The number of hydrogen-bond acceptors (Lipinski definition) is 4. The van der Waals surface area contributed by atoms with Crippen LogP contribution in [0.25, 0.3) is 11.1 Å². The molecule has 0 aliphatic rings. The van der Waals surface area contributed by atoms with Crippen molar-refractivity contribution < 1.29 is 17.9 Å². The number of amides is 1. The number of hydrogen-bond donors (Lipinski definition) is 1. The number of sulfonamides is 1. The molecule has 0 aliphatic carbocycles. The van der Waals surface area contributed by atoms with E-state index in [1.165, 1.54) is 12.1 Å². The molecule has 1 amide bonds. The first-order valence-corrected chi connectivity index (χ1v) is 9.75. The van der Waals surface area contributed by atoms with Gasteiger partial charge in [0.1, 0.15) is 11.5 Å². The third-order valence-electron chi connectivity index (χ3n) is 3.57. The lowest BCUT2D eigenvalue weighted by Crippen LogP contribution is -2.29. The summed E-state index contributed by atoms with van der Waals surface area (Å²) in [5.74, 6) is 0.538. The Labute approximate surface area is 152 Å². The van der Waals surface area contributed by atoms with Crippen molar-refractivity contribution in [2.75, 3.05) is 6.26 Å². The average molecular weight is 367 g/mol. The number of nitrogens with one attached hydrogen (secondary N) is 1. The minimum atomic E-state index is -3.59. The fourth-order valence-electron chi connectivity index (χ4n) is 2.41. The molecule has 0 saturated carbocycles. The summed E-state index contributed by atoms with van der Waals surface area (Å²) in [5, 5.41) is 0. The van der Waals surface area contributed by atoms with Gasteiger partial charge in [-0.25, -0.2) is 13.1 Å². The SMILES string of the molecule is CS(=O)(=O)NC(=O)c1ccc(Oc2cccc(-c3ccccc3)c2)cc1. The standard InChI is InChI=1S/C20H17NO4S/c1-26(23,24)21-20(22)16-10-12-18(13-11-16)25-19-9-5-8-17(14-19)15-6-3-2-4-7-15/h2-14H,1H3,(H,21,22). The van der Waals surface area contributed by atoms with Crippen LogP contribution in [0.2, 0.25) is 0 Å². The van der Waals surface area contributed by atoms with E-state index in [4.69, 9.17) is 4.74 Å². The second-order valence-corrected chi connectivity index (χ2v) is 7.47. The molecule has 0 heterocycles. The highest BCUT2D eigenvalue weighted by atomic mass is 32.2. The molecule has 1 N–H and O–H groups in total. The summed E-state index contributed by atoms with van der Waals surface area (Å²) in [6.45, 7) is 0. The summed E-state index contributed by atoms with van der Waals surface area (Å²) >= 11 is 0. The Balaban J connectivity index is 1.75. The van der Waals surface area contributed by atoms with Crippen molar-refractivity contribution in [2.45, 2.75) is 0 Å². The largest absolute Gasteiger partial charge is 0.457 e. The molecule has 0 spiro atoms. The van der Waals surface area contributed by atoms with Crippen molar-refractivity contribution in [3.8, 4) is 22.6 Å². The van der Waals surface area contributed by atoms with Crippen molar-refractivity contribution in [3.05, 3.63) is 84.4 Å². The zero-order valence-electron chi connectivity index (χ0n) is 14.0. The van der Waals surface area contributed by atoms with Crippen LogP contribution in [-0.2, 0) is 10.0 Å².